The van der Waals surface area contributed by atoms with Crippen molar-refractivity contribution < 1.29 is 14.0 Å². The van der Waals surface area contributed by atoms with Crippen LogP contribution in [0.1, 0.15) is 11.5 Å². The van der Waals surface area contributed by atoms with Crippen LogP contribution in [0.5, 0.6) is 11.5 Å². The number of benzene rings is 1. The highest BCUT2D eigenvalue weighted by atomic mass is 35.5. The van der Waals surface area contributed by atoms with Gasteiger partial charge in [-0.25, -0.2) is 0 Å². The predicted molar refractivity (Wildman–Crippen MR) is 68.4 cm³/mol. The van der Waals surface area contributed by atoms with Gasteiger partial charge >= 0.3 is 0 Å². The minimum atomic E-state index is 0.199. The largest absolute Gasteiger partial charge is 0.486 e. The molecule has 0 aliphatic carbocycles. The summed E-state index contributed by atoms with van der Waals surface area (Å²) in [5.74, 6) is 2.02. The molecule has 0 saturated heterocycles. The van der Waals surface area contributed by atoms with E-state index < -0.39 is 0 Å². The second-order valence-electron chi connectivity index (χ2n) is 4.10. The van der Waals surface area contributed by atoms with E-state index in [2.05, 4.69) is 10.1 Å². The molecule has 1 aliphatic heterocycles. The molecule has 2 heterocycles. The van der Waals surface area contributed by atoms with Crippen LogP contribution in [0.3, 0.4) is 0 Å². The fourth-order valence-corrected chi connectivity index (χ4v) is 2.23. The molecule has 6 nitrogen and oxygen atoms in total. The van der Waals surface area contributed by atoms with Crippen LogP contribution in [0.25, 0.3) is 11.4 Å². The molecule has 100 valence electrons. The first kappa shape index (κ1) is 12.3. The lowest BCUT2D eigenvalue weighted by atomic mass is 10.1. The Hall–Kier alpha value is -1.79. The zero-order valence-corrected chi connectivity index (χ0v) is 11.0. The summed E-state index contributed by atoms with van der Waals surface area (Å²) in [6.07, 6.45) is 0. The molecule has 0 bridgehead atoms. The third-order valence-corrected chi connectivity index (χ3v) is 3.18. The van der Waals surface area contributed by atoms with Gasteiger partial charge in [-0.1, -0.05) is 16.8 Å². The van der Waals surface area contributed by atoms with Gasteiger partial charge in [-0.2, -0.15) is 4.98 Å². The van der Waals surface area contributed by atoms with Crippen molar-refractivity contribution in [1.29, 1.82) is 0 Å². The monoisotopic (exact) mass is 281 g/mol. The molecule has 0 radical (unpaired) electrons. The van der Waals surface area contributed by atoms with Crippen LogP contribution in [-0.4, -0.2) is 23.4 Å². The Labute approximate surface area is 114 Å². The molecule has 19 heavy (non-hydrogen) atoms. The maximum atomic E-state index is 6.19. The summed E-state index contributed by atoms with van der Waals surface area (Å²) in [6, 6.07) is 1.75. The van der Waals surface area contributed by atoms with E-state index in [1.165, 1.54) is 0 Å². The standard InChI is InChI=1S/C12H12ClN3O3/c1-6-7(12-15-9(5-14)19-16-12)4-8(13)11-10(6)17-2-3-18-11/h4H,2-3,5,14H2,1H3. The van der Waals surface area contributed by atoms with Crippen LogP contribution in [0.15, 0.2) is 10.6 Å². The highest BCUT2D eigenvalue weighted by Crippen LogP contribution is 2.44. The molecule has 0 unspecified atom stereocenters. The lowest BCUT2D eigenvalue weighted by Crippen LogP contribution is -2.16. The second-order valence-corrected chi connectivity index (χ2v) is 4.51. The number of halogens is 1. The Bertz CT molecular complexity index is 627. The summed E-state index contributed by atoms with van der Waals surface area (Å²) in [5, 5.41) is 4.35. The molecule has 2 N–H and O–H groups in total. The molecule has 1 aliphatic rings. The smallest absolute Gasteiger partial charge is 0.240 e. The summed E-state index contributed by atoms with van der Waals surface area (Å²) >= 11 is 6.19. The SMILES string of the molecule is Cc1c(-c2noc(CN)n2)cc(Cl)c2c1OCCO2. The number of aromatic nitrogens is 2. The van der Waals surface area contributed by atoms with Crippen LogP contribution < -0.4 is 15.2 Å². The predicted octanol–water partition coefficient (Wildman–Crippen LogP) is 1.93. The zero-order valence-electron chi connectivity index (χ0n) is 10.3. The number of hydrogen-bond donors (Lipinski definition) is 1. The van der Waals surface area contributed by atoms with Crippen LogP contribution in [0.4, 0.5) is 0 Å². The second kappa shape index (κ2) is 4.71. The van der Waals surface area contributed by atoms with E-state index in [9.17, 15) is 0 Å². The summed E-state index contributed by atoms with van der Waals surface area (Å²) < 4.78 is 16.1. The fraction of sp³-hybridized carbons (Fsp3) is 0.333. The maximum Gasteiger partial charge on any atom is 0.240 e. The molecular formula is C12H12ClN3O3. The van der Waals surface area contributed by atoms with Crippen molar-refractivity contribution in [3.63, 3.8) is 0 Å². The van der Waals surface area contributed by atoms with Crippen molar-refractivity contribution in [2.24, 2.45) is 5.73 Å². The minimum Gasteiger partial charge on any atom is -0.486 e. The molecule has 0 saturated carbocycles. The summed E-state index contributed by atoms with van der Waals surface area (Å²) in [7, 11) is 0. The highest BCUT2D eigenvalue weighted by Gasteiger charge is 2.23. The van der Waals surface area contributed by atoms with Crippen molar-refractivity contribution in [1.82, 2.24) is 10.1 Å². The van der Waals surface area contributed by atoms with Crippen LogP contribution >= 0.6 is 11.6 Å². The first-order valence-corrected chi connectivity index (χ1v) is 6.20. The number of rotatable bonds is 2. The van der Waals surface area contributed by atoms with Gasteiger partial charge in [-0.15, -0.1) is 0 Å². The third kappa shape index (κ3) is 2.02. The summed E-state index contributed by atoms with van der Waals surface area (Å²) in [6.45, 7) is 3.08. The molecule has 0 fully saturated rings. The normalized spacial score (nSPS) is 13.6. The molecule has 1 aromatic carbocycles. The van der Waals surface area contributed by atoms with E-state index >= 15 is 0 Å². The van der Waals surface area contributed by atoms with Gasteiger partial charge in [-0.05, 0) is 13.0 Å². The molecule has 0 spiro atoms. The van der Waals surface area contributed by atoms with E-state index in [0.717, 1.165) is 11.1 Å². The topological polar surface area (TPSA) is 83.4 Å². The van der Waals surface area contributed by atoms with E-state index in [-0.39, 0.29) is 6.54 Å². The third-order valence-electron chi connectivity index (χ3n) is 2.90. The molecule has 2 aromatic rings. The molecule has 0 atom stereocenters. The summed E-state index contributed by atoms with van der Waals surface area (Å²) in [5.41, 5.74) is 7.07. The number of fused-ring (bicyclic) bond motifs is 1. The van der Waals surface area contributed by atoms with Gasteiger partial charge in [0.25, 0.3) is 0 Å². The highest BCUT2D eigenvalue weighted by molar-refractivity contribution is 6.32. The number of ether oxygens (including phenoxy) is 2. The van der Waals surface area contributed by atoms with Gasteiger partial charge in [0.2, 0.25) is 11.7 Å². The summed E-state index contributed by atoms with van der Waals surface area (Å²) in [4.78, 5) is 4.19. The molecule has 1 aromatic heterocycles. The van der Waals surface area contributed by atoms with Crippen molar-refractivity contribution in [2.45, 2.75) is 13.5 Å². The Kier molecular flexibility index (Phi) is 3.04. The number of hydrogen-bond acceptors (Lipinski definition) is 6. The van der Waals surface area contributed by atoms with Gasteiger partial charge in [-0.3, -0.25) is 0 Å². The van der Waals surface area contributed by atoms with Crippen molar-refractivity contribution in [2.75, 3.05) is 13.2 Å². The van der Waals surface area contributed by atoms with Crippen LogP contribution in [-0.2, 0) is 6.54 Å². The fourth-order valence-electron chi connectivity index (χ4n) is 1.98. The lowest BCUT2D eigenvalue weighted by Gasteiger charge is -2.22. The lowest BCUT2D eigenvalue weighted by molar-refractivity contribution is 0.170. The van der Waals surface area contributed by atoms with Gasteiger partial charge in [0, 0.05) is 11.1 Å². The molecule has 7 heteroatoms. The Morgan fingerprint density at radius 3 is 2.74 bits per heavy atom. The van der Waals surface area contributed by atoms with Gasteiger partial charge in [0.05, 0.1) is 11.6 Å². The van der Waals surface area contributed by atoms with Crippen molar-refractivity contribution >= 4 is 11.6 Å². The van der Waals surface area contributed by atoms with Gasteiger partial charge in [0.15, 0.2) is 11.5 Å². The average molecular weight is 282 g/mol. The van der Waals surface area contributed by atoms with E-state index in [4.69, 9.17) is 31.3 Å². The van der Waals surface area contributed by atoms with Crippen molar-refractivity contribution in [3.05, 3.63) is 22.5 Å². The number of nitrogens with zero attached hydrogens (tertiary/aromatic N) is 2. The molecule has 3 rings (SSSR count). The zero-order chi connectivity index (χ0) is 13.4. The number of nitrogens with two attached hydrogens (primary N) is 1. The maximum absolute atomic E-state index is 6.19. The minimum absolute atomic E-state index is 0.199. The van der Waals surface area contributed by atoms with E-state index in [1.807, 2.05) is 6.92 Å². The van der Waals surface area contributed by atoms with Crippen molar-refractivity contribution in [3.8, 4) is 22.9 Å². The Balaban J connectivity index is 2.14. The Morgan fingerprint density at radius 1 is 1.32 bits per heavy atom. The van der Waals surface area contributed by atoms with Gasteiger partial charge < -0.3 is 19.7 Å². The van der Waals surface area contributed by atoms with Crippen LogP contribution in [0, 0.1) is 6.92 Å². The Morgan fingerprint density at radius 2 is 2.05 bits per heavy atom. The molecule has 0 amide bonds. The quantitative estimate of drug-likeness (QED) is 0.905. The average Bonchev–Trinajstić information content (AvgIpc) is 2.91. The first-order valence-electron chi connectivity index (χ1n) is 5.82. The first-order chi connectivity index (χ1) is 9.20. The van der Waals surface area contributed by atoms with Gasteiger partial charge in [0.1, 0.15) is 13.2 Å². The molecular weight excluding hydrogens is 270 g/mol. The van der Waals surface area contributed by atoms with Crippen LogP contribution in [0.2, 0.25) is 5.02 Å². The van der Waals surface area contributed by atoms with E-state index in [1.54, 1.807) is 6.07 Å². The van der Waals surface area contributed by atoms with E-state index in [0.29, 0.717) is 41.5 Å².